The van der Waals surface area contributed by atoms with Crippen molar-refractivity contribution in [3.8, 4) is 6.07 Å². The molecule has 1 saturated heterocycles. The van der Waals surface area contributed by atoms with Gasteiger partial charge >= 0.3 is 5.97 Å². The van der Waals surface area contributed by atoms with Crippen molar-refractivity contribution in [1.82, 2.24) is 9.80 Å². The molecule has 1 aliphatic carbocycles. The fraction of sp³-hybridized carbons (Fsp3) is 0.800. The van der Waals surface area contributed by atoms with Gasteiger partial charge in [0.25, 0.3) is 0 Å². The van der Waals surface area contributed by atoms with E-state index in [4.69, 9.17) is 5.26 Å². The highest BCUT2D eigenvalue weighted by Crippen LogP contribution is 2.37. The van der Waals surface area contributed by atoms with Crippen molar-refractivity contribution in [3.63, 3.8) is 0 Å². The third kappa shape index (κ3) is 3.73. The largest absolute Gasteiger partial charge is 0.481 e. The van der Waals surface area contributed by atoms with E-state index in [9.17, 15) is 14.7 Å². The van der Waals surface area contributed by atoms with Gasteiger partial charge < -0.3 is 10.0 Å². The van der Waals surface area contributed by atoms with Crippen molar-refractivity contribution < 1.29 is 14.7 Å². The summed E-state index contributed by atoms with van der Waals surface area (Å²) in [7, 11) is 0. The van der Waals surface area contributed by atoms with E-state index in [1.54, 1.807) is 0 Å². The van der Waals surface area contributed by atoms with Crippen molar-refractivity contribution >= 4 is 11.9 Å². The molecule has 0 aromatic carbocycles. The third-order valence-corrected chi connectivity index (χ3v) is 4.66. The minimum atomic E-state index is -0.842. The van der Waals surface area contributed by atoms with Crippen LogP contribution in [0.2, 0.25) is 0 Å². The van der Waals surface area contributed by atoms with E-state index in [1.165, 1.54) is 0 Å². The van der Waals surface area contributed by atoms with Crippen molar-refractivity contribution in [2.75, 3.05) is 32.7 Å². The van der Waals surface area contributed by atoms with Crippen LogP contribution in [-0.2, 0) is 9.59 Å². The van der Waals surface area contributed by atoms with Crippen molar-refractivity contribution in [1.29, 1.82) is 5.26 Å². The summed E-state index contributed by atoms with van der Waals surface area (Å²) in [5.41, 5.74) is 0. The SMILES string of the molecule is CC1C[C@H](C(=O)N2CCN(CCC#N)CC2)[C@H](C(=O)O)C1. The molecule has 2 aliphatic rings. The van der Waals surface area contributed by atoms with Crippen LogP contribution in [0.1, 0.15) is 26.2 Å². The van der Waals surface area contributed by atoms with Gasteiger partial charge in [0.1, 0.15) is 0 Å². The summed E-state index contributed by atoms with van der Waals surface area (Å²) in [4.78, 5) is 27.9. The van der Waals surface area contributed by atoms with Crippen molar-refractivity contribution in [2.45, 2.75) is 26.2 Å². The van der Waals surface area contributed by atoms with Crippen LogP contribution in [0.4, 0.5) is 0 Å². The zero-order valence-electron chi connectivity index (χ0n) is 12.5. The average molecular weight is 293 g/mol. The molecule has 1 aliphatic heterocycles. The standard InChI is InChI=1S/C15H23N3O3/c1-11-9-12(13(10-11)15(20)21)14(19)18-7-5-17(6-8-18)4-2-3-16/h11-13H,2,4-10H2,1H3,(H,20,21)/t11?,12-,13+/m0/s1. The van der Waals surface area contributed by atoms with Gasteiger partial charge in [0, 0.05) is 39.1 Å². The van der Waals surface area contributed by atoms with Crippen LogP contribution in [-0.4, -0.2) is 59.5 Å². The maximum atomic E-state index is 12.6. The average Bonchev–Trinajstić information content (AvgIpc) is 2.87. The molecule has 1 heterocycles. The monoisotopic (exact) mass is 293 g/mol. The van der Waals surface area contributed by atoms with Crippen LogP contribution in [0.5, 0.6) is 0 Å². The molecular formula is C15H23N3O3. The number of amides is 1. The number of carbonyl (C=O) groups excluding carboxylic acids is 1. The Morgan fingerprint density at radius 2 is 1.81 bits per heavy atom. The van der Waals surface area contributed by atoms with Gasteiger partial charge in [0.15, 0.2) is 0 Å². The van der Waals surface area contributed by atoms with Gasteiger partial charge in [-0.1, -0.05) is 6.92 Å². The molecule has 1 unspecified atom stereocenters. The number of carboxylic acid groups (broad SMARTS) is 1. The summed E-state index contributed by atoms with van der Waals surface area (Å²) in [5, 5.41) is 17.9. The molecule has 3 atom stereocenters. The predicted molar refractivity (Wildman–Crippen MR) is 76.3 cm³/mol. The number of carboxylic acids is 1. The van der Waals surface area contributed by atoms with Crippen LogP contribution >= 0.6 is 0 Å². The number of hydrogen-bond acceptors (Lipinski definition) is 4. The summed E-state index contributed by atoms with van der Waals surface area (Å²) in [6, 6.07) is 2.13. The van der Waals surface area contributed by atoms with E-state index < -0.39 is 11.9 Å². The van der Waals surface area contributed by atoms with Crippen LogP contribution < -0.4 is 0 Å². The maximum Gasteiger partial charge on any atom is 0.307 e. The quantitative estimate of drug-likeness (QED) is 0.828. The highest BCUT2D eigenvalue weighted by molar-refractivity contribution is 5.85. The Balaban J connectivity index is 1.89. The first-order valence-corrected chi connectivity index (χ1v) is 7.63. The van der Waals surface area contributed by atoms with Crippen LogP contribution in [0.3, 0.4) is 0 Å². The lowest BCUT2D eigenvalue weighted by molar-refractivity contribution is -0.149. The van der Waals surface area contributed by atoms with E-state index in [0.717, 1.165) is 19.6 Å². The molecule has 2 fully saturated rings. The van der Waals surface area contributed by atoms with E-state index in [-0.39, 0.29) is 11.8 Å². The number of rotatable bonds is 4. The molecule has 1 amide bonds. The van der Waals surface area contributed by atoms with E-state index in [0.29, 0.717) is 38.3 Å². The minimum absolute atomic E-state index is 0.00619. The van der Waals surface area contributed by atoms with Gasteiger partial charge in [-0.25, -0.2) is 0 Å². The second-order valence-corrected chi connectivity index (χ2v) is 6.20. The minimum Gasteiger partial charge on any atom is -0.481 e. The van der Waals surface area contributed by atoms with Gasteiger partial charge in [-0.05, 0) is 18.8 Å². The Hall–Kier alpha value is -1.61. The number of carbonyl (C=O) groups is 2. The second-order valence-electron chi connectivity index (χ2n) is 6.20. The lowest BCUT2D eigenvalue weighted by Crippen LogP contribution is -2.51. The number of hydrogen-bond donors (Lipinski definition) is 1. The summed E-state index contributed by atoms with van der Waals surface area (Å²) < 4.78 is 0. The van der Waals surface area contributed by atoms with Gasteiger partial charge in [-0.3, -0.25) is 14.5 Å². The van der Waals surface area contributed by atoms with Crippen LogP contribution in [0.25, 0.3) is 0 Å². The number of aliphatic carboxylic acids is 1. The van der Waals surface area contributed by atoms with Crippen molar-refractivity contribution in [2.24, 2.45) is 17.8 Å². The topological polar surface area (TPSA) is 84.6 Å². The molecule has 1 saturated carbocycles. The molecule has 0 aromatic rings. The Morgan fingerprint density at radius 1 is 1.19 bits per heavy atom. The second kappa shape index (κ2) is 6.90. The Kier molecular flexibility index (Phi) is 5.18. The smallest absolute Gasteiger partial charge is 0.307 e. The molecule has 2 rings (SSSR count). The summed E-state index contributed by atoms with van der Waals surface area (Å²) in [6.07, 6.45) is 1.80. The fourth-order valence-electron chi connectivity index (χ4n) is 3.47. The van der Waals surface area contributed by atoms with Gasteiger partial charge in [-0.15, -0.1) is 0 Å². The van der Waals surface area contributed by atoms with Crippen molar-refractivity contribution in [3.05, 3.63) is 0 Å². The molecule has 0 aromatic heterocycles. The van der Waals surface area contributed by atoms with E-state index in [1.807, 2.05) is 11.8 Å². The van der Waals surface area contributed by atoms with E-state index in [2.05, 4.69) is 11.0 Å². The van der Waals surface area contributed by atoms with Crippen LogP contribution in [0, 0.1) is 29.1 Å². The van der Waals surface area contributed by atoms with E-state index >= 15 is 0 Å². The Labute approximate surface area is 125 Å². The molecule has 116 valence electrons. The molecule has 1 N–H and O–H groups in total. The summed E-state index contributed by atoms with van der Waals surface area (Å²) >= 11 is 0. The first-order chi connectivity index (χ1) is 10.0. The molecule has 6 heteroatoms. The number of nitriles is 1. The Bertz CT molecular complexity index is 438. The molecule has 0 spiro atoms. The lowest BCUT2D eigenvalue weighted by atomic mass is 9.94. The van der Waals surface area contributed by atoms with Gasteiger partial charge in [-0.2, -0.15) is 5.26 Å². The highest BCUT2D eigenvalue weighted by atomic mass is 16.4. The Morgan fingerprint density at radius 3 is 2.38 bits per heavy atom. The normalized spacial score (nSPS) is 30.1. The molecule has 21 heavy (non-hydrogen) atoms. The lowest BCUT2D eigenvalue weighted by Gasteiger charge is -2.36. The summed E-state index contributed by atoms with van der Waals surface area (Å²) in [5.74, 6) is -1.42. The number of nitrogens with zero attached hydrogens (tertiary/aromatic N) is 3. The predicted octanol–water partition coefficient (Wildman–Crippen LogP) is 0.791. The molecular weight excluding hydrogens is 270 g/mol. The molecule has 0 bridgehead atoms. The highest BCUT2D eigenvalue weighted by Gasteiger charge is 2.43. The fourth-order valence-corrected chi connectivity index (χ4v) is 3.47. The first-order valence-electron chi connectivity index (χ1n) is 7.63. The maximum absolute atomic E-state index is 12.6. The zero-order valence-corrected chi connectivity index (χ0v) is 12.5. The zero-order chi connectivity index (χ0) is 15.4. The van der Waals surface area contributed by atoms with Gasteiger partial charge in [0.2, 0.25) is 5.91 Å². The number of piperazine rings is 1. The first kappa shape index (κ1) is 15.8. The molecule has 6 nitrogen and oxygen atoms in total. The third-order valence-electron chi connectivity index (χ3n) is 4.66. The molecule has 0 radical (unpaired) electrons. The summed E-state index contributed by atoms with van der Waals surface area (Å²) in [6.45, 7) is 5.59. The van der Waals surface area contributed by atoms with Gasteiger partial charge in [0.05, 0.1) is 17.9 Å². The van der Waals surface area contributed by atoms with Crippen LogP contribution in [0.15, 0.2) is 0 Å².